The second-order valence-corrected chi connectivity index (χ2v) is 5.60. The van der Waals surface area contributed by atoms with Crippen molar-refractivity contribution in [2.45, 2.75) is 27.2 Å². The molecule has 0 saturated carbocycles. The summed E-state index contributed by atoms with van der Waals surface area (Å²) in [5, 5.41) is 0.672. The third-order valence-electron chi connectivity index (χ3n) is 2.72. The molecule has 2 amide bonds. The molecular weight excluding hydrogens is 216 g/mol. The molecule has 0 unspecified atom stereocenters. The summed E-state index contributed by atoms with van der Waals surface area (Å²) in [6, 6.07) is 5.34. The lowest BCUT2D eigenvalue weighted by atomic mass is 9.87. The molecule has 0 spiro atoms. The fourth-order valence-electron chi connectivity index (χ4n) is 2.03. The van der Waals surface area contributed by atoms with Crippen molar-refractivity contribution in [3.63, 3.8) is 0 Å². The molecular formula is C13H16N2O2. The number of nitrogens with two attached hydrogens (primary N) is 1. The van der Waals surface area contributed by atoms with Crippen molar-refractivity contribution >= 4 is 11.8 Å². The molecule has 0 saturated heterocycles. The van der Waals surface area contributed by atoms with Gasteiger partial charge in [-0.15, -0.1) is 0 Å². The average Bonchev–Trinajstić information content (AvgIpc) is 2.42. The van der Waals surface area contributed by atoms with Crippen LogP contribution in [0, 0.1) is 5.41 Å². The zero-order valence-electron chi connectivity index (χ0n) is 10.3. The van der Waals surface area contributed by atoms with E-state index < -0.39 is 11.8 Å². The first kappa shape index (κ1) is 11.8. The van der Waals surface area contributed by atoms with Gasteiger partial charge in [-0.2, -0.15) is 0 Å². The average molecular weight is 232 g/mol. The lowest BCUT2D eigenvalue weighted by Crippen LogP contribution is -2.36. The Morgan fingerprint density at radius 2 is 1.71 bits per heavy atom. The van der Waals surface area contributed by atoms with E-state index in [1.54, 1.807) is 12.1 Å². The second-order valence-electron chi connectivity index (χ2n) is 5.60. The first-order valence-corrected chi connectivity index (χ1v) is 5.56. The number of rotatable bonds is 1. The van der Waals surface area contributed by atoms with Crippen LogP contribution in [-0.4, -0.2) is 16.8 Å². The number of carbonyl (C=O) groups excluding carboxylic acids is 2. The van der Waals surface area contributed by atoms with E-state index in [-0.39, 0.29) is 5.41 Å². The molecule has 2 N–H and O–H groups in total. The number of hydrogen-bond acceptors (Lipinski definition) is 3. The molecule has 0 radical (unpaired) electrons. The summed E-state index contributed by atoms with van der Waals surface area (Å²) in [6.07, 6.45) is 0.853. The molecule has 0 aliphatic carbocycles. The molecule has 4 heteroatoms. The minimum atomic E-state index is -0.424. The maximum atomic E-state index is 11.7. The second kappa shape index (κ2) is 3.67. The lowest BCUT2D eigenvalue weighted by Gasteiger charge is -2.18. The molecule has 90 valence electrons. The molecule has 0 bridgehead atoms. The van der Waals surface area contributed by atoms with Crippen LogP contribution in [0.2, 0.25) is 0 Å². The molecule has 1 aromatic carbocycles. The fourth-order valence-corrected chi connectivity index (χ4v) is 2.03. The summed E-state index contributed by atoms with van der Waals surface area (Å²) in [4.78, 5) is 23.3. The smallest absolute Gasteiger partial charge is 0.267 e. The highest BCUT2D eigenvalue weighted by atomic mass is 16.2. The number of benzene rings is 1. The fraction of sp³-hybridized carbons (Fsp3) is 0.385. The van der Waals surface area contributed by atoms with Crippen molar-refractivity contribution in [1.29, 1.82) is 0 Å². The molecule has 2 rings (SSSR count). The Hall–Kier alpha value is -1.68. The Labute approximate surface area is 100 Å². The van der Waals surface area contributed by atoms with Crippen molar-refractivity contribution in [2.75, 3.05) is 0 Å². The van der Waals surface area contributed by atoms with Crippen molar-refractivity contribution in [3.8, 4) is 0 Å². The predicted molar refractivity (Wildman–Crippen MR) is 64.3 cm³/mol. The van der Waals surface area contributed by atoms with Crippen LogP contribution in [0.3, 0.4) is 0 Å². The molecule has 1 heterocycles. The third-order valence-corrected chi connectivity index (χ3v) is 2.72. The Kier molecular flexibility index (Phi) is 2.54. The van der Waals surface area contributed by atoms with Gasteiger partial charge in [-0.05, 0) is 29.5 Å². The summed E-state index contributed by atoms with van der Waals surface area (Å²) in [5.74, 6) is 4.54. The van der Waals surface area contributed by atoms with Gasteiger partial charge in [-0.3, -0.25) is 9.59 Å². The molecule has 0 atom stereocenters. The van der Waals surface area contributed by atoms with Gasteiger partial charge >= 0.3 is 0 Å². The van der Waals surface area contributed by atoms with E-state index in [2.05, 4.69) is 20.8 Å². The maximum Gasteiger partial charge on any atom is 0.275 e. The molecule has 1 aliphatic heterocycles. The van der Waals surface area contributed by atoms with E-state index >= 15 is 0 Å². The minimum absolute atomic E-state index is 0.141. The summed E-state index contributed by atoms with van der Waals surface area (Å²) >= 11 is 0. The SMILES string of the molecule is CC(C)(C)Cc1ccc2c(c1)C(=O)N(N)C2=O. The van der Waals surface area contributed by atoms with E-state index in [9.17, 15) is 9.59 Å². The standard InChI is InChI=1S/C13H16N2O2/c1-13(2,3)7-8-4-5-9-10(6-8)12(17)15(14)11(9)16/h4-6H,7,14H2,1-3H3. The Balaban J connectivity index is 2.40. The van der Waals surface area contributed by atoms with Crippen molar-refractivity contribution < 1.29 is 9.59 Å². The molecule has 4 nitrogen and oxygen atoms in total. The van der Waals surface area contributed by atoms with E-state index in [0.717, 1.165) is 12.0 Å². The zero-order valence-corrected chi connectivity index (χ0v) is 10.3. The highest BCUT2D eigenvalue weighted by Gasteiger charge is 2.33. The highest BCUT2D eigenvalue weighted by Crippen LogP contribution is 2.26. The van der Waals surface area contributed by atoms with Crippen LogP contribution in [0.5, 0.6) is 0 Å². The van der Waals surface area contributed by atoms with E-state index in [0.29, 0.717) is 16.1 Å². The van der Waals surface area contributed by atoms with Gasteiger partial charge < -0.3 is 0 Å². The number of carbonyl (C=O) groups is 2. The van der Waals surface area contributed by atoms with Crippen LogP contribution >= 0.6 is 0 Å². The zero-order chi connectivity index (χ0) is 12.8. The summed E-state index contributed by atoms with van der Waals surface area (Å²) < 4.78 is 0. The topological polar surface area (TPSA) is 63.4 Å². The van der Waals surface area contributed by atoms with Crippen LogP contribution in [0.15, 0.2) is 18.2 Å². The minimum Gasteiger partial charge on any atom is -0.267 e. The normalized spacial score (nSPS) is 15.4. The van der Waals surface area contributed by atoms with Gasteiger partial charge in [-0.1, -0.05) is 26.8 Å². The summed E-state index contributed by atoms with van der Waals surface area (Å²) in [5.41, 5.74) is 2.00. The van der Waals surface area contributed by atoms with Gasteiger partial charge in [0.2, 0.25) is 0 Å². The van der Waals surface area contributed by atoms with E-state index in [1.807, 2.05) is 6.07 Å². The van der Waals surface area contributed by atoms with Crippen LogP contribution < -0.4 is 5.84 Å². The van der Waals surface area contributed by atoms with Gasteiger partial charge in [0.05, 0.1) is 11.1 Å². The Morgan fingerprint density at radius 3 is 2.29 bits per heavy atom. The van der Waals surface area contributed by atoms with Gasteiger partial charge in [0, 0.05) is 0 Å². The Morgan fingerprint density at radius 1 is 1.12 bits per heavy atom. The van der Waals surface area contributed by atoms with Crippen molar-refractivity contribution in [2.24, 2.45) is 11.3 Å². The maximum absolute atomic E-state index is 11.7. The molecule has 1 aliphatic rings. The Bertz CT molecular complexity index is 501. The number of imide groups is 1. The monoisotopic (exact) mass is 232 g/mol. The van der Waals surface area contributed by atoms with Crippen LogP contribution in [0.1, 0.15) is 47.1 Å². The number of hydrazine groups is 1. The first-order chi connectivity index (χ1) is 7.79. The van der Waals surface area contributed by atoms with Gasteiger partial charge in [0.1, 0.15) is 0 Å². The van der Waals surface area contributed by atoms with Crippen LogP contribution in [-0.2, 0) is 6.42 Å². The summed E-state index contributed by atoms with van der Waals surface area (Å²) in [7, 11) is 0. The summed E-state index contributed by atoms with van der Waals surface area (Å²) in [6.45, 7) is 6.38. The number of amides is 2. The number of hydrogen-bond donors (Lipinski definition) is 1. The van der Waals surface area contributed by atoms with E-state index in [4.69, 9.17) is 5.84 Å². The van der Waals surface area contributed by atoms with Gasteiger partial charge in [-0.25, -0.2) is 10.9 Å². The quantitative estimate of drug-likeness (QED) is 0.456. The van der Waals surface area contributed by atoms with E-state index in [1.165, 1.54) is 0 Å². The largest absolute Gasteiger partial charge is 0.275 e. The number of nitrogens with zero attached hydrogens (tertiary/aromatic N) is 1. The highest BCUT2D eigenvalue weighted by molar-refractivity contribution is 6.20. The van der Waals surface area contributed by atoms with Crippen molar-refractivity contribution in [3.05, 3.63) is 34.9 Å². The van der Waals surface area contributed by atoms with Crippen molar-refractivity contribution in [1.82, 2.24) is 5.01 Å². The molecule has 0 fully saturated rings. The molecule has 1 aromatic rings. The molecule has 17 heavy (non-hydrogen) atoms. The first-order valence-electron chi connectivity index (χ1n) is 5.56. The van der Waals surface area contributed by atoms with Crippen LogP contribution in [0.25, 0.3) is 0 Å². The number of fused-ring (bicyclic) bond motifs is 1. The van der Waals surface area contributed by atoms with Crippen LogP contribution in [0.4, 0.5) is 0 Å². The van der Waals surface area contributed by atoms with Gasteiger partial charge in [0.15, 0.2) is 0 Å². The predicted octanol–water partition coefficient (Wildman–Crippen LogP) is 1.74. The third kappa shape index (κ3) is 2.08. The lowest BCUT2D eigenvalue weighted by molar-refractivity contribution is 0.0653. The van der Waals surface area contributed by atoms with Gasteiger partial charge in [0.25, 0.3) is 11.8 Å². The molecule has 0 aromatic heterocycles.